The summed E-state index contributed by atoms with van der Waals surface area (Å²) >= 11 is 0. The third-order valence-corrected chi connectivity index (χ3v) is 2.29. The van der Waals surface area contributed by atoms with Crippen LogP contribution in [0.1, 0.15) is 6.42 Å². The second-order valence-corrected chi connectivity index (χ2v) is 3.44. The predicted octanol–water partition coefficient (Wildman–Crippen LogP) is 1.93. The van der Waals surface area contributed by atoms with Crippen molar-refractivity contribution in [3.8, 4) is 11.1 Å². The van der Waals surface area contributed by atoms with Gasteiger partial charge in [-0.1, -0.05) is 30.3 Å². The van der Waals surface area contributed by atoms with Gasteiger partial charge in [0.25, 0.3) is 0 Å². The lowest BCUT2D eigenvalue weighted by Gasteiger charge is -1.97. The van der Waals surface area contributed by atoms with E-state index in [0.717, 1.165) is 18.5 Å². The summed E-state index contributed by atoms with van der Waals surface area (Å²) in [6.45, 7) is 0.976. The van der Waals surface area contributed by atoms with E-state index >= 15 is 0 Å². The molecule has 0 aliphatic rings. The van der Waals surface area contributed by atoms with E-state index in [-0.39, 0.29) is 6.61 Å². The lowest BCUT2D eigenvalue weighted by molar-refractivity contribution is 0.277. The maximum absolute atomic E-state index is 8.71. The first-order valence-electron chi connectivity index (χ1n) is 5.09. The highest BCUT2D eigenvalue weighted by Gasteiger charge is 2.00. The second kappa shape index (κ2) is 4.75. The highest BCUT2D eigenvalue weighted by molar-refractivity contribution is 5.61. The van der Waals surface area contributed by atoms with Gasteiger partial charge in [0.15, 0.2) is 0 Å². The van der Waals surface area contributed by atoms with Crippen molar-refractivity contribution >= 4 is 0 Å². The van der Waals surface area contributed by atoms with E-state index in [1.807, 2.05) is 35.3 Å². The zero-order valence-electron chi connectivity index (χ0n) is 8.50. The molecule has 0 fully saturated rings. The molecule has 0 radical (unpaired) electrons. The Labute approximate surface area is 89.0 Å². The van der Waals surface area contributed by atoms with Crippen LogP contribution in [0.25, 0.3) is 11.1 Å². The number of benzene rings is 1. The van der Waals surface area contributed by atoms with Gasteiger partial charge in [-0.25, -0.2) is 0 Å². The van der Waals surface area contributed by atoms with E-state index in [1.165, 1.54) is 5.56 Å². The quantitative estimate of drug-likeness (QED) is 0.822. The summed E-state index contributed by atoms with van der Waals surface area (Å²) in [7, 11) is 0. The maximum Gasteiger partial charge on any atom is 0.0568 e. The highest BCUT2D eigenvalue weighted by atomic mass is 16.3. The van der Waals surface area contributed by atoms with Crippen molar-refractivity contribution in [1.29, 1.82) is 0 Å². The largest absolute Gasteiger partial charge is 0.396 e. The molecule has 0 saturated carbocycles. The number of hydrogen-bond donors (Lipinski definition) is 1. The van der Waals surface area contributed by atoms with Crippen LogP contribution < -0.4 is 0 Å². The minimum absolute atomic E-state index is 0.209. The van der Waals surface area contributed by atoms with Crippen LogP contribution in [0.3, 0.4) is 0 Å². The van der Waals surface area contributed by atoms with E-state index in [2.05, 4.69) is 17.2 Å². The molecule has 0 aliphatic carbocycles. The number of rotatable bonds is 4. The van der Waals surface area contributed by atoms with E-state index in [1.54, 1.807) is 0 Å². The van der Waals surface area contributed by atoms with Crippen molar-refractivity contribution in [3.63, 3.8) is 0 Å². The van der Waals surface area contributed by atoms with E-state index in [4.69, 9.17) is 5.11 Å². The minimum Gasteiger partial charge on any atom is -0.396 e. The fourth-order valence-electron chi connectivity index (χ4n) is 1.50. The molecule has 0 unspecified atom stereocenters. The summed E-state index contributed by atoms with van der Waals surface area (Å²) in [6, 6.07) is 10.2. The van der Waals surface area contributed by atoms with Gasteiger partial charge < -0.3 is 5.11 Å². The molecule has 15 heavy (non-hydrogen) atoms. The van der Waals surface area contributed by atoms with Crippen molar-refractivity contribution in [2.45, 2.75) is 13.0 Å². The summed E-state index contributed by atoms with van der Waals surface area (Å²) in [6.07, 6.45) is 4.60. The lowest BCUT2D eigenvalue weighted by Crippen LogP contribution is -1.99. The Morgan fingerprint density at radius 3 is 2.67 bits per heavy atom. The second-order valence-electron chi connectivity index (χ2n) is 3.44. The van der Waals surface area contributed by atoms with Crippen LogP contribution in [-0.4, -0.2) is 21.5 Å². The summed E-state index contributed by atoms with van der Waals surface area (Å²) < 4.78 is 1.86. The van der Waals surface area contributed by atoms with Crippen LogP contribution in [0.4, 0.5) is 0 Å². The summed E-state index contributed by atoms with van der Waals surface area (Å²) in [5.41, 5.74) is 2.29. The first kappa shape index (κ1) is 9.93. The van der Waals surface area contributed by atoms with Gasteiger partial charge in [0, 0.05) is 24.9 Å². The molecule has 3 nitrogen and oxygen atoms in total. The molecule has 2 aromatic rings. The van der Waals surface area contributed by atoms with Crippen molar-refractivity contribution in [1.82, 2.24) is 9.78 Å². The third-order valence-electron chi connectivity index (χ3n) is 2.29. The molecule has 3 heteroatoms. The molecular weight excluding hydrogens is 188 g/mol. The molecule has 0 bridgehead atoms. The predicted molar refractivity (Wildman–Crippen MR) is 59.4 cm³/mol. The number of aromatic nitrogens is 2. The Morgan fingerprint density at radius 2 is 1.93 bits per heavy atom. The lowest BCUT2D eigenvalue weighted by atomic mass is 10.1. The standard InChI is InChI=1S/C12H14N2O/c15-8-4-7-14-10-12(9-13-14)11-5-2-1-3-6-11/h1-3,5-6,9-10,15H,4,7-8H2. The maximum atomic E-state index is 8.71. The first-order chi connectivity index (χ1) is 7.40. The Bertz CT molecular complexity index is 409. The molecule has 1 aromatic heterocycles. The Morgan fingerprint density at radius 1 is 1.13 bits per heavy atom. The van der Waals surface area contributed by atoms with Gasteiger partial charge in [0.2, 0.25) is 0 Å². The fraction of sp³-hybridized carbons (Fsp3) is 0.250. The van der Waals surface area contributed by atoms with Crippen LogP contribution in [-0.2, 0) is 6.54 Å². The molecule has 1 heterocycles. The molecular formula is C12H14N2O. The fourth-order valence-corrected chi connectivity index (χ4v) is 1.50. The molecule has 0 amide bonds. The van der Waals surface area contributed by atoms with Gasteiger partial charge in [-0.3, -0.25) is 4.68 Å². The summed E-state index contributed by atoms with van der Waals surface area (Å²) in [5, 5.41) is 12.9. The zero-order chi connectivity index (χ0) is 10.5. The summed E-state index contributed by atoms with van der Waals surface area (Å²) in [5.74, 6) is 0. The van der Waals surface area contributed by atoms with Crippen LogP contribution in [0.15, 0.2) is 42.7 Å². The SMILES string of the molecule is OCCCn1cc(-c2ccccc2)cn1. The van der Waals surface area contributed by atoms with Crippen molar-refractivity contribution < 1.29 is 5.11 Å². The smallest absolute Gasteiger partial charge is 0.0568 e. The van der Waals surface area contributed by atoms with Gasteiger partial charge in [-0.2, -0.15) is 5.10 Å². The van der Waals surface area contributed by atoms with Crippen molar-refractivity contribution in [2.75, 3.05) is 6.61 Å². The minimum atomic E-state index is 0.209. The average molecular weight is 202 g/mol. The topological polar surface area (TPSA) is 38.0 Å². The number of hydrogen-bond acceptors (Lipinski definition) is 2. The van der Waals surface area contributed by atoms with Gasteiger partial charge in [0.1, 0.15) is 0 Å². The number of aliphatic hydroxyl groups excluding tert-OH is 1. The number of nitrogens with zero attached hydrogens (tertiary/aromatic N) is 2. The number of aryl methyl sites for hydroxylation is 1. The Hall–Kier alpha value is -1.61. The highest BCUT2D eigenvalue weighted by Crippen LogP contribution is 2.17. The normalized spacial score (nSPS) is 10.5. The van der Waals surface area contributed by atoms with Crippen LogP contribution in [0, 0.1) is 0 Å². The van der Waals surface area contributed by atoms with Crippen LogP contribution in [0.5, 0.6) is 0 Å². The molecule has 0 aliphatic heterocycles. The third kappa shape index (κ3) is 2.44. The summed E-state index contributed by atoms with van der Waals surface area (Å²) in [4.78, 5) is 0. The van der Waals surface area contributed by atoms with Crippen LogP contribution in [0.2, 0.25) is 0 Å². The van der Waals surface area contributed by atoms with Crippen molar-refractivity contribution in [2.24, 2.45) is 0 Å². The number of aliphatic hydroxyl groups is 1. The van der Waals surface area contributed by atoms with E-state index < -0.39 is 0 Å². The average Bonchev–Trinajstić information content (AvgIpc) is 2.76. The Balaban J connectivity index is 2.14. The Kier molecular flexibility index (Phi) is 3.15. The molecule has 0 atom stereocenters. The van der Waals surface area contributed by atoms with Gasteiger partial charge >= 0.3 is 0 Å². The zero-order valence-corrected chi connectivity index (χ0v) is 8.50. The van der Waals surface area contributed by atoms with E-state index in [9.17, 15) is 0 Å². The molecule has 0 spiro atoms. The molecule has 2 rings (SSSR count). The van der Waals surface area contributed by atoms with Gasteiger partial charge in [-0.05, 0) is 12.0 Å². The monoisotopic (exact) mass is 202 g/mol. The van der Waals surface area contributed by atoms with Crippen LogP contribution >= 0.6 is 0 Å². The van der Waals surface area contributed by atoms with E-state index in [0.29, 0.717) is 0 Å². The molecule has 0 saturated heterocycles. The van der Waals surface area contributed by atoms with Gasteiger partial charge in [-0.15, -0.1) is 0 Å². The molecule has 78 valence electrons. The molecule has 1 N–H and O–H groups in total. The molecule has 1 aromatic carbocycles. The van der Waals surface area contributed by atoms with Crippen molar-refractivity contribution in [3.05, 3.63) is 42.7 Å². The first-order valence-corrected chi connectivity index (χ1v) is 5.09. The van der Waals surface area contributed by atoms with Gasteiger partial charge in [0.05, 0.1) is 6.20 Å².